The van der Waals surface area contributed by atoms with Crippen molar-refractivity contribution in [1.29, 1.82) is 0 Å². The van der Waals surface area contributed by atoms with Crippen molar-refractivity contribution in [2.24, 2.45) is 15.0 Å². The number of nitrogens with zero attached hydrogens (tertiary/aromatic N) is 6. The number of imidazole rings is 1. The molecule has 0 radical (unpaired) electrons. The number of hydrogen-bond donors (Lipinski definition) is 1. The number of rotatable bonds is 3. The summed E-state index contributed by atoms with van der Waals surface area (Å²) in [7, 11) is 0. The molecule has 8 nitrogen and oxygen atoms in total. The second kappa shape index (κ2) is 8.78. The molecule has 0 spiro atoms. The van der Waals surface area contributed by atoms with Gasteiger partial charge in [-0.1, -0.05) is 12.1 Å². The van der Waals surface area contributed by atoms with Crippen molar-refractivity contribution in [2.75, 3.05) is 39.5 Å². The molecule has 1 aromatic heterocycles. The number of benzene rings is 1. The summed E-state index contributed by atoms with van der Waals surface area (Å²) < 4.78 is 33.8. The van der Waals surface area contributed by atoms with Crippen molar-refractivity contribution in [3.05, 3.63) is 30.1 Å². The third-order valence-corrected chi connectivity index (χ3v) is 3.97. The summed E-state index contributed by atoms with van der Waals surface area (Å²) in [5.41, 5.74) is 0.845. The van der Waals surface area contributed by atoms with Crippen LogP contribution in [0.15, 0.2) is 39.2 Å². The zero-order valence-corrected chi connectivity index (χ0v) is 14.6. The fraction of sp³-hybridized carbons (Fsp3) is 0.412. The van der Waals surface area contributed by atoms with Crippen LogP contribution in [0.5, 0.6) is 0 Å². The Labute approximate surface area is 154 Å². The maximum Gasteiger partial charge on any atom is 0.296 e. The van der Waals surface area contributed by atoms with Gasteiger partial charge in [-0.15, -0.1) is 0 Å². The molecule has 1 aromatic carbocycles. The van der Waals surface area contributed by atoms with E-state index in [1.165, 1.54) is 4.57 Å². The van der Waals surface area contributed by atoms with Crippen LogP contribution in [0.1, 0.15) is 12.2 Å². The fourth-order valence-corrected chi connectivity index (χ4v) is 2.77. The molecular weight excluding hydrogens is 358 g/mol. The van der Waals surface area contributed by atoms with Gasteiger partial charge in [-0.3, -0.25) is 4.57 Å². The largest absolute Gasteiger partial charge is 0.394 e. The minimum atomic E-state index is -2.82. The monoisotopic (exact) mass is 378 g/mol. The lowest BCUT2D eigenvalue weighted by Crippen LogP contribution is -2.40. The van der Waals surface area contributed by atoms with E-state index in [4.69, 9.17) is 9.84 Å². The Morgan fingerprint density at radius 1 is 1.26 bits per heavy atom. The zero-order chi connectivity index (χ0) is 19.2. The summed E-state index contributed by atoms with van der Waals surface area (Å²) in [4.78, 5) is 18.3. The second-order valence-corrected chi connectivity index (χ2v) is 5.67. The van der Waals surface area contributed by atoms with E-state index in [1.54, 1.807) is 24.3 Å². The molecule has 144 valence electrons. The van der Waals surface area contributed by atoms with Crippen molar-refractivity contribution in [3.8, 4) is 0 Å². The first-order chi connectivity index (χ1) is 13.2. The van der Waals surface area contributed by atoms with Gasteiger partial charge < -0.3 is 14.7 Å². The standard InChI is InChI=1S/C17H20F2N6O2/c1-20-16(24-7-10-27-11-8-24)23-17(21-6-9-26)25-13-5-3-2-4-12(13)22-15(25)14(18)19/h2-5,14,26H,1,6-11H2/b21-17?,23-16+. The number of halogens is 2. The number of alkyl halides is 2. The van der Waals surface area contributed by atoms with E-state index in [0.717, 1.165) is 0 Å². The number of aromatic nitrogens is 2. The van der Waals surface area contributed by atoms with Gasteiger partial charge in [0.1, 0.15) is 0 Å². The summed E-state index contributed by atoms with van der Waals surface area (Å²) in [5.74, 6) is -0.239. The Balaban J connectivity index is 2.13. The highest BCUT2D eigenvalue weighted by Crippen LogP contribution is 2.24. The summed E-state index contributed by atoms with van der Waals surface area (Å²) in [6, 6.07) is 6.73. The number of aliphatic hydroxyl groups excluding tert-OH is 1. The lowest BCUT2D eigenvalue weighted by atomic mass is 10.3. The molecular formula is C17H20F2N6O2. The van der Waals surface area contributed by atoms with Gasteiger partial charge in [0.05, 0.1) is 37.4 Å². The molecule has 1 N–H and O–H groups in total. The molecule has 0 atom stereocenters. The smallest absolute Gasteiger partial charge is 0.296 e. The van der Waals surface area contributed by atoms with Crippen molar-refractivity contribution >= 4 is 29.7 Å². The van der Waals surface area contributed by atoms with Gasteiger partial charge in [0, 0.05) is 13.1 Å². The van der Waals surface area contributed by atoms with Crippen LogP contribution in [-0.2, 0) is 4.74 Å². The summed E-state index contributed by atoms with van der Waals surface area (Å²) in [6.07, 6.45) is -2.82. The van der Waals surface area contributed by atoms with Gasteiger partial charge in [-0.2, -0.15) is 4.99 Å². The third kappa shape index (κ3) is 4.17. The van der Waals surface area contributed by atoms with E-state index in [1.807, 2.05) is 4.90 Å². The number of hydrogen-bond acceptors (Lipinski definition) is 4. The lowest BCUT2D eigenvalue weighted by molar-refractivity contribution is 0.0677. The van der Waals surface area contributed by atoms with E-state index in [9.17, 15) is 8.78 Å². The van der Waals surface area contributed by atoms with Gasteiger partial charge in [-0.05, 0) is 18.9 Å². The Kier molecular flexibility index (Phi) is 6.20. The van der Waals surface area contributed by atoms with Gasteiger partial charge >= 0.3 is 0 Å². The molecule has 3 rings (SSSR count). The molecule has 1 aliphatic heterocycles. The van der Waals surface area contributed by atoms with Crippen LogP contribution < -0.4 is 0 Å². The Hall–Kier alpha value is -2.72. The maximum absolute atomic E-state index is 13.6. The predicted octanol–water partition coefficient (Wildman–Crippen LogP) is 1.56. The Morgan fingerprint density at radius 2 is 2.00 bits per heavy atom. The maximum atomic E-state index is 13.6. The van der Waals surface area contributed by atoms with Crippen LogP contribution in [0.3, 0.4) is 0 Å². The highest BCUT2D eigenvalue weighted by molar-refractivity contribution is 6.01. The van der Waals surface area contributed by atoms with E-state index in [0.29, 0.717) is 37.3 Å². The number of aliphatic imine (C=N–C) groups is 3. The van der Waals surface area contributed by atoms with Gasteiger partial charge in [0.2, 0.25) is 11.9 Å². The summed E-state index contributed by atoms with van der Waals surface area (Å²) in [5, 5.41) is 9.15. The molecule has 0 unspecified atom stereocenters. The van der Waals surface area contributed by atoms with Crippen molar-refractivity contribution in [2.45, 2.75) is 6.43 Å². The lowest BCUT2D eigenvalue weighted by Gasteiger charge is -2.27. The number of morpholine rings is 1. The zero-order valence-electron chi connectivity index (χ0n) is 14.6. The second-order valence-electron chi connectivity index (χ2n) is 5.67. The summed E-state index contributed by atoms with van der Waals surface area (Å²) >= 11 is 0. The molecule has 27 heavy (non-hydrogen) atoms. The van der Waals surface area contributed by atoms with Crippen LogP contribution in [0, 0.1) is 0 Å². The number of ether oxygens (including phenoxy) is 1. The normalized spacial score (nSPS) is 16.4. The van der Waals surface area contributed by atoms with Crippen molar-refractivity contribution in [1.82, 2.24) is 14.5 Å². The number of para-hydroxylation sites is 2. The Bertz CT molecular complexity index is 858. The topological polar surface area (TPSA) is 87.6 Å². The van der Waals surface area contributed by atoms with Crippen molar-refractivity contribution < 1.29 is 18.6 Å². The molecule has 1 aliphatic rings. The molecule has 0 bridgehead atoms. The minimum Gasteiger partial charge on any atom is -0.394 e. The number of aliphatic hydroxyl groups is 1. The first-order valence-electron chi connectivity index (χ1n) is 8.45. The Morgan fingerprint density at radius 3 is 2.67 bits per heavy atom. The highest BCUT2D eigenvalue weighted by Gasteiger charge is 2.23. The average Bonchev–Trinajstić information content (AvgIpc) is 3.09. The molecule has 0 saturated carbocycles. The van der Waals surface area contributed by atoms with E-state index < -0.39 is 12.2 Å². The van der Waals surface area contributed by atoms with Gasteiger partial charge in [0.25, 0.3) is 6.43 Å². The van der Waals surface area contributed by atoms with Gasteiger partial charge in [0.15, 0.2) is 5.82 Å². The third-order valence-electron chi connectivity index (χ3n) is 3.97. The molecule has 1 saturated heterocycles. The fourth-order valence-electron chi connectivity index (χ4n) is 2.77. The SMILES string of the molecule is C=N/C(=N\C(=NCCO)n1c(C(F)F)nc2ccccc21)N1CCOCC1. The predicted molar refractivity (Wildman–Crippen MR) is 98.9 cm³/mol. The first-order valence-corrected chi connectivity index (χ1v) is 8.45. The number of fused-ring (bicyclic) bond motifs is 1. The van der Waals surface area contributed by atoms with Crippen LogP contribution in [0.2, 0.25) is 0 Å². The average molecular weight is 378 g/mol. The molecule has 1 fully saturated rings. The highest BCUT2D eigenvalue weighted by atomic mass is 19.3. The quantitative estimate of drug-likeness (QED) is 0.649. The van der Waals surface area contributed by atoms with Crippen LogP contribution in [-0.4, -0.2) is 77.6 Å². The first kappa shape index (κ1) is 19.1. The molecule has 10 heteroatoms. The van der Waals surface area contributed by atoms with Crippen LogP contribution >= 0.6 is 0 Å². The van der Waals surface area contributed by atoms with Crippen molar-refractivity contribution in [3.63, 3.8) is 0 Å². The molecule has 0 amide bonds. The van der Waals surface area contributed by atoms with Crippen LogP contribution in [0.25, 0.3) is 11.0 Å². The van der Waals surface area contributed by atoms with Gasteiger partial charge in [-0.25, -0.2) is 23.7 Å². The van der Waals surface area contributed by atoms with Crippen LogP contribution in [0.4, 0.5) is 8.78 Å². The molecule has 2 aromatic rings. The summed E-state index contributed by atoms with van der Waals surface area (Å²) in [6.45, 7) is 5.41. The van der Waals surface area contributed by atoms with E-state index in [-0.39, 0.29) is 25.1 Å². The minimum absolute atomic E-state index is 0.00154. The molecule has 2 heterocycles. The van der Waals surface area contributed by atoms with E-state index in [2.05, 4.69) is 26.7 Å². The number of guanidine groups is 1. The van der Waals surface area contributed by atoms with E-state index >= 15 is 0 Å². The molecule has 0 aliphatic carbocycles.